The zero-order valence-corrected chi connectivity index (χ0v) is 12.1. The normalized spacial score (nSPS) is 36.9. The first-order valence-corrected chi connectivity index (χ1v) is 8.08. The summed E-state index contributed by atoms with van der Waals surface area (Å²) in [4.78, 5) is 14.6. The number of Topliss-reactive ketones (excluding diaryl/α,β-unsaturated/α-hetero) is 1. The SMILES string of the molecule is O=C1C[C@H]2CN(Cc3ccccc3)[C@@H]3CCCC[C@]23C1. The molecule has 1 saturated heterocycles. The zero-order valence-electron chi connectivity index (χ0n) is 12.1. The van der Waals surface area contributed by atoms with Crippen LogP contribution in [0.3, 0.4) is 0 Å². The number of rotatable bonds is 2. The third kappa shape index (κ3) is 1.85. The van der Waals surface area contributed by atoms with Gasteiger partial charge in [0.2, 0.25) is 0 Å². The molecule has 1 aromatic carbocycles. The van der Waals surface area contributed by atoms with Gasteiger partial charge in [-0.1, -0.05) is 43.2 Å². The van der Waals surface area contributed by atoms with E-state index in [2.05, 4.69) is 35.2 Å². The fraction of sp³-hybridized carbons (Fsp3) is 0.611. The molecule has 106 valence electrons. The first-order chi connectivity index (χ1) is 9.78. The number of carbonyl (C=O) groups is 1. The number of benzene rings is 1. The van der Waals surface area contributed by atoms with Crippen molar-refractivity contribution >= 4 is 5.78 Å². The highest BCUT2D eigenvalue weighted by atomic mass is 16.1. The second-order valence-electron chi connectivity index (χ2n) is 7.03. The Bertz CT molecular complexity index is 511. The van der Waals surface area contributed by atoms with Gasteiger partial charge in [-0.2, -0.15) is 0 Å². The van der Waals surface area contributed by atoms with E-state index in [1.54, 1.807) is 0 Å². The standard InChI is InChI=1S/C18H23NO/c20-16-10-15-13-19(12-14-6-2-1-3-7-14)17-8-4-5-9-18(15,17)11-16/h1-3,6-7,15,17H,4-5,8-13H2/t15-,17+,18-/m0/s1. The van der Waals surface area contributed by atoms with E-state index in [-0.39, 0.29) is 0 Å². The van der Waals surface area contributed by atoms with Gasteiger partial charge in [-0.3, -0.25) is 9.69 Å². The summed E-state index contributed by atoms with van der Waals surface area (Å²) in [5, 5.41) is 0. The molecule has 0 N–H and O–H groups in total. The van der Waals surface area contributed by atoms with Crippen molar-refractivity contribution in [3.63, 3.8) is 0 Å². The van der Waals surface area contributed by atoms with Crippen LogP contribution in [0, 0.1) is 11.3 Å². The van der Waals surface area contributed by atoms with Gasteiger partial charge in [-0.05, 0) is 29.7 Å². The van der Waals surface area contributed by atoms with E-state index < -0.39 is 0 Å². The molecule has 0 aromatic heterocycles. The Kier molecular flexibility index (Phi) is 2.95. The summed E-state index contributed by atoms with van der Waals surface area (Å²) in [6, 6.07) is 11.5. The van der Waals surface area contributed by atoms with Gasteiger partial charge in [-0.15, -0.1) is 0 Å². The average Bonchev–Trinajstić information content (AvgIpc) is 2.90. The molecular formula is C18H23NO. The van der Waals surface area contributed by atoms with Crippen LogP contribution in [0.25, 0.3) is 0 Å². The van der Waals surface area contributed by atoms with Crippen molar-refractivity contribution in [2.45, 2.75) is 51.1 Å². The molecule has 2 heteroatoms. The van der Waals surface area contributed by atoms with Gasteiger partial charge in [0.1, 0.15) is 5.78 Å². The number of likely N-dealkylation sites (tertiary alicyclic amines) is 1. The molecule has 0 bridgehead atoms. The molecule has 3 fully saturated rings. The van der Waals surface area contributed by atoms with Crippen LogP contribution in [-0.4, -0.2) is 23.3 Å². The van der Waals surface area contributed by atoms with Crippen LogP contribution in [0.15, 0.2) is 30.3 Å². The van der Waals surface area contributed by atoms with Crippen LogP contribution in [0.2, 0.25) is 0 Å². The van der Waals surface area contributed by atoms with Gasteiger partial charge < -0.3 is 0 Å². The quantitative estimate of drug-likeness (QED) is 0.820. The largest absolute Gasteiger partial charge is 0.300 e. The predicted molar refractivity (Wildman–Crippen MR) is 79.3 cm³/mol. The average molecular weight is 269 g/mol. The third-order valence-corrected chi connectivity index (χ3v) is 5.97. The van der Waals surface area contributed by atoms with Gasteiger partial charge in [0.15, 0.2) is 0 Å². The highest BCUT2D eigenvalue weighted by Crippen LogP contribution is 2.57. The monoisotopic (exact) mass is 269 g/mol. The summed E-state index contributed by atoms with van der Waals surface area (Å²) < 4.78 is 0. The van der Waals surface area contributed by atoms with Gasteiger partial charge in [-0.25, -0.2) is 0 Å². The van der Waals surface area contributed by atoms with Gasteiger partial charge >= 0.3 is 0 Å². The van der Waals surface area contributed by atoms with Gasteiger partial charge in [0.25, 0.3) is 0 Å². The van der Waals surface area contributed by atoms with Crippen LogP contribution >= 0.6 is 0 Å². The summed E-state index contributed by atoms with van der Waals surface area (Å²) in [6.45, 7) is 2.21. The molecule has 3 aliphatic rings. The molecule has 4 rings (SSSR count). The van der Waals surface area contributed by atoms with Crippen molar-refractivity contribution in [1.29, 1.82) is 0 Å². The minimum Gasteiger partial charge on any atom is -0.300 e. The van der Waals surface area contributed by atoms with Crippen molar-refractivity contribution < 1.29 is 4.79 Å². The van der Waals surface area contributed by atoms with E-state index >= 15 is 0 Å². The first-order valence-electron chi connectivity index (χ1n) is 8.08. The van der Waals surface area contributed by atoms with Crippen molar-refractivity contribution in [3.05, 3.63) is 35.9 Å². The Morgan fingerprint density at radius 3 is 2.90 bits per heavy atom. The van der Waals surface area contributed by atoms with Crippen LogP contribution in [0.5, 0.6) is 0 Å². The molecule has 1 spiro atoms. The minimum absolute atomic E-state index is 0.351. The molecule has 2 nitrogen and oxygen atoms in total. The van der Waals surface area contributed by atoms with E-state index in [1.807, 2.05) is 0 Å². The first kappa shape index (κ1) is 12.6. The van der Waals surface area contributed by atoms with E-state index in [1.165, 1.54) is 31.2 Å². The number of carbonyl (C=O) groups excluding carboxylic acids is 1. The fourth-order valence-corrected chi connectivity index (χ4v) is 5.19. The summed E-state index contributed by atoms with van der Waals surface area (Å²) in [5.74, 6) is 1.17. The molecule has 1 aromatic rings. The lowest BCUT2D eigenvalue weighted by molar-refractivity contribution is -0.118. The molecule has 0 radical (unpaired) electrons. The summed E-state index contributed by atoms with van der Waals surface area (Å²) in [5.41, 5.74) is 1.77. The molecule has 1 heterocycles. The van der Waals surface area contributed by atoms with Crippen molar-refractivity contribution in [1.82, 2.24) is 4.90 Å². The molecular weight excluding hydrogens is 246 g/mol. The predicted octanol–water partition coefficient (Wildman–Crippen LogP) is 3.41. The molecule has 0 amide bonds. The third-order valence-electron chi connectivity index (χ3n) is 5.97. The Balaban J connectivity index is 1.59. The highest BCUT2D eigenvalue weighted by molar-refractivity contribution is 5.82. The highest BCUT2D eigenvalue weighted by Gasteiger charge is 2.58. The molecule has 20 heavy (non-hydrogen) atoms. The zero-order chi connectivity index (χ0) is 13.6. The summed E-state index contributed by atoms with van der Waals surface area (Å²) in [6.07, 6.45) is 6.99. The molecule has 2 aliphatic carbocycles. The Hall–Kier alpha value is -1.15. The minimum atomic E-state index is 0.351. The molecule has 2 saturated carbocycles. The number of nitrogens with zero attached hydrogens (tertiary/aromatic N) is 1. The topological polar surface area (TPSA) is 20.3 Å². The van der Waals surface area contributed by atoms with Crippen LogP contribution in [-0.2, 0) is 11.3 Å². The van der Waals surface area contributed by atoms with Crippen molar-refractivity contribution in [2.75, 3.05) is 6.54 Å². The smallest absolute Gasteiger partial charge is 0.133 e. The maximum Gasteiger partial charge on any atom is 0.133 e. The van der Waals surface area contributed by atoms with Gasteiger partial charge in [0, 0.05) is 32.0 Å². The lowest BCUT2D eigenvalue weighted by Crippen LogP contribution is -2.42. The number of ketones is 1. The van der Waals surface area contributed by atoms with Crippen molar-refractivity contribution in [3.8, 4) is 0 Å². The lowest BCUT2D eigenvalue weighted by atomic mass is 9.67. The maximum atomic E-state index is 12.0. The molecule has 1 aliphatic heterocycles. The van der Waals surface area contributed by atoms with Gasteiger partial charge in [0.05, 0.1) is 0 Å². The van der Waals surface area contributed by atoms with E-state index in [0.717, 1.165) is 25.9 Å². The lowest BCUT2D eigenvalue weighted by Gasteiger charge is -2.41. The summed E-state index contributed by atoms with van der Waals surface area (Å²) in [7, 11) is 0. The Morgan fingerprint density at radius 1 is 1.20 bits per heavy atom. The van der Waals surface area contributed by atoms with Crippen LogP contribution in [0.4, 0.5) is 0 Å². The van der Waals surface area contributed by atoms with E-state index in [0.29, 0.717) is 23.2 Å². The molecule has 0 unspecified atom stereocenters. The van der Waals surface area contributed by atoms with E-state index in [4.69, 9.17) is 0 Å². The second kappa shape index (κ2) is 4.70. The Labute approximate surface area is 121 Å². The van der Waals surface area contributed by atoms with E-state index in [9.17, 15) is 4.79 Å². The van der Waals surface area contributed by atoms with Crippen molar-refractivity contribution in [2.24, 2.45) is 11.3 Å². The molecule has 3 atom stereocenters. The van der Waals surface area contributed by atoms with Crippen LogP contribution in [0.1, 0.15) is 44.1 Å². The fourth-order valence-electron chi connectivity index (χ4n) is 5.19. The summed E-state index contributed by atoms with van der Waals surface area (Å²) >= 11 is 0. The van der Waals surface area contributed by atoms with Crippen LogP contribution < -0.4 is 0 Å². The maximum absolute atomic E-state index is 12.0. The number of hydrogen-bond acceptors (Lipinski definition) is 2. The number of hydrogen-bond donors (Lipinski definition) is 0. The second-order valence-corrected chi connectivity index (χ2v) is 7.03. The Morgan fingerprint density at radius 2 is 2.05 bits per heavy atom.